The van der Waals surface area contributed by atoms with Crippen molar-refractivity contribution in [2.24, 2.45) is 0 Å². The third kappa shape index (κ3) is 4.23. The Morgan fingerprint density at radius 2 is 1.64 bits per heavy atom. The molecular formula is C28H31N3O2. The molecule has 0 atom stereocenters. The number of phenolic OH excluding ortho intramolecular Hbond substituents is 1. The molecule has 1 aromatic heterocycles. The van der Waals surface area contributed by atoms with Crippen LogP contribution in [0.25, 0.3) is 16.7 Å². The Bertz CT molecular complexity index is 1330. The summed E-state index contributed by atoms with van der Waals surface area (Å²) in [6, 6.07) is 17.6. The van der Waals surface area contributed by atoms with Crippen LogP contribution in [0.2, 0.25) is 0 Å². The zero-order valence-corrected chi connectivity index (χ0v) is 20.2. The highest BCUT2D eigenvalue weighted by molar-refractivity contribution is 5.97. The topological polar surface area (TPSA) is 58.4 Å². The van der Waals surface area contributed by atoms with Gasteiger partial charge in [-0.25, -0.2) is 4.98 Å². The van der Waals surface area contributed by atoms with Gasteiger partial charge in [-0.2, -0.15) is 0 Å². The summed E-state index contributed by atoms with van der Waals surface area (Å²) in [5.74, 6) is 0.994. The Morgan fingerprint density at radius 1 is 0.970 bits per heavy atom. The van der Waals surface area contributed by atoms with Crippen molar-refractivity contribution in [1.29, 1.82) is 0 Å². The molecule has 0 saturated carbocycles. The quantitative estimate of drug-likeness (QED) is 0.412. The number of hydrogen-bond acceptors (Lipinski definition) is 3. The number of hydrogen-bond donors (Lipinski definition) is 1. The van der Waals surface area contributed by atoms with Gasteiger partial charge in [0.25, 0.3) is 5.91 Å². The van der Waals surface area contributed by atoms with Crippen LogP contribution in [0.15, 0.2) is 54.6 Å². The summed E-state index contributed by atoms with van der Waals surface area (Å²) >= 11 is 0. The molecule has 0 spiro atoms. The number of carbonyl (C=O) groups is 1. The van der Waals surface area contributed by atoms with Crippen LogP contribution in [0.3, 0.4) is 0 Å². The average molecular weight is 442 g/mol. The predicted octanol–water partition coefficient (Wildman–Crippen LogP) is 6.02. The summed E-state index contributed by atoms with van der Waals surface area (Å²) in [6.07, 6.45) is 0. The van der Waals surface area contributed by atoms with E-state index in [1.807, 2.05) is 87.4 Å². The van der Waals surface area contributed by atoms with E-state index < -0.39 is 0 Å². The molecule has 0 fully saturated rings. The fourth-order valence-corrected chi connectivity index (χ4v) is 4.51. The van der Waals surface area contributed by atoms with Gasteiger partial charge in [0.1, 0.15) is 11.6 Å². The van der Waals surface area contributed by atoms with Crippen molar-refractivity contribution in [2.75, 3.05) is 0 Å². The molecule has 3 aromatic carbocycles. The van der Waals surface area contributed by atoms with Gasteiger partial charge < -0.3 is 10.0 Å². The van der Waals surface area contributed by atoms with Gasteiger partial charge in [-0.05, 0) is 76.4 Å². The molecule has 4 rings (SSSR count). The minimum absolute atomic E-state index is 0.00496. The summed E-state index contributed by atoms with van der Waals surface area (Å²) in [5.41, 5.74) is 7.31. The molecule has 0 unspecified atom stereocenters. The van der Waals surface area contributed by atoms with Crippen LogP contribution in [0, 0.1) is 27.7 Å². The maximum atomic E-state index is 13.8. The number of nitrogens with zero attached hydrogens (tertiary/aromatic N) is 3. The minimum atomic E-state index is -0.0164. The Kier molecular flexibility index (Phi) is 5.98. The van der Waals surface area contributed by atoms with Crippen LogP contribution >= 0.6 is 0 Å². The first-order valence-electron chi connectivity index (χ1n) is 11.3. The first-order chi connectivity index (χ1) is 15.7. The third-order valence-electron chi connectivity index (χ3n) is 6.17. The fourth-order valence-electron chi connectivity index (χ4n) is 4.51. The molecule has 33 heavy (non-hydrogen) atoms. The van der Waals surface area contributed by atoms with Gasteiger partial charge in [-0.3, -0.25) is 9.36 Å². The molecule has 0 radical (unpaired) electrons. The zero-order chi connectivity index (χ0) is 23.9. The standard InChI is InChI=1S/C28H31N3O2/c1-17(2)30(28(33)27-20(5)13-18(3)14-21(27)6)16-26-29-23-9-7-8-10-24(23)31(26)22-12-11-19(4)25(32)15-22/h7-15,17,32H,16H2,1-6H3. The fraction of sp³-hybridized carbons (Fsp3) is 0.286. The van der Waals surface area contributed by atoms with Gasteiger partial charge in [0, 0.05) is 17.7 Å². The lowest BCUT2D eigenvalue weighted by molar-refractivity contribution is 0.0683. The lowest BCUT2D eigenvalue weighted by Crippen LogP contribution is -2.38. The number of aromatic hydroxyl groups is 1. The number of para-hydroxylation sites is 2. The minimum Gasteiger partial charge on any atom is -0.508 e. The highest BCUT2D eigenvalue weighted by Crippen LogP contribution is 2.28. The van der Waals surface area contributed by atoms with Gasteiger partial charge >= 0.3 is 0 Å². The number of imidazole rings is 1. The highest BCUT2D eigenvalue weighted by atomic mass is 16.3. The van der Waals surface area contributed by atoms with E-state index in [0.717, 1.165) is 50.4 Å². The van der Waals surface area contributed by atoms with Gasteiger partial charge in [0.2, 0.25) is 0 Å². The Hall–Kier alpha value is -3.60. The lowest BCUT2D eigenvalue weighted by Gasteiger charge is -2.28. The van der Waals surface area contributed by atoms with Crippen molar-refractivity contribution in [3.05, 3.63) is 88.2 Å². The van der Waals surface area contributed by atoms with Crippen LogP contribution in [0.5, 0.6) is 5.75 Å². The summed E-state index contributed by atoms with van der Waals surface area (Å²) < 4.78 is 2.03. The number of benzene rings is 3. The molecule has 4 aromatic rings. The molecule has 0 aliphatic carbocycles. The lowest BCUT2D eigenvalue weighted by atomic mass is 9.98. The summed E-state index contributed by atoms with van der Waals surface area (Å²) in [7, 11) is 0. The molecule has 5 nitrogen and oxygen atoms in total. The van der Waals surface area contributed by atoms with Gasteiger partial charge in [0.15, 0.2) is 0 Å². The molecule has 0 saturated heterocycles. The van der Waals surface area contributed by atoms with E-state index in [1.54, 1.807) is 6.07 Å². The van der Waals surface area contributed by atoms with E-state index >= 15 is 0 Å². The van der Waals surface area contributed by atoms with Crippen LogP contribution < -0.4 is 0 Å². The van der Waals surface area contributed by atoms with E-state index in [9.17, 15) is 9.90 Å². The largest absolute Gasteiger partial charge is 0.508 e. The van der Waals surface area contributed by atoms with Gasteiger partial charge in [0.05, 0.1) is 23.3 Å². The maximum Gasteiger partial charge on any atom is 0.255 e. The Balaban J connectivity index is 1.83. The predicted molar refractivity (Wildman–Crippen MR) is 133 cm³/mol. The van der Waals surface area contributed by atoms with Crippen molar-refractivity contribution in [3.63, 3.8) is 0 Å². The Labute approximate surface area is 195 Å². The molecule has 1 amide bonds. The van der Waals surface area contributed by atoms with Crippen molar-refractivity contribution in [1.82, 2.24) is 14.5 Å². The van der Waals surface area contributed by atoms with E-state index in [0.29, 0.717) is 6.54 Å². The number of aryl methyl sites for hydroxylation is 4. The second kappa shape index (κ2) is 8.74. The van der Waals surface area contributed by atoms with Gasteiger partial charge in [-0.1, -0.05) is 35.9 Å². The molecule has 1 heterocycles. The van der Waals surface area contributed by atoms with E-state index in [-0.39, 0.29) is 17.7 Å². The summed E-state index contributed by atoms with van der Waals surface area (Å²) in [4.78, 5) is 20.5. The number of carbonyl (C=O) groups excluding carboxylic acids is 1. The smallest absolute Gasteiger partial charge is 0.255 e. The van der Waals surface area contributed by atoms with Crippen LogP contribution in [0.4, 0.5) is 0 Å². The summed E-state index contributed by atoms with van der Waals surface area (Å²) in [5, 5.41) is 10.4. The molecule has 5 heteroatoms. The molecule has 170 valence electrons. The van der Waals surface area contributed by atoms with Crippen molar-refractivity contribution in [3.8, 4) is 11.4 Å². The average Bonchev–Trinajstić information content (AvgIpc) is 3.11. The van der Waals surface area contributed by atoms with Crippen molar-refractivity contribution >= 4 is 16.9 Å². The van der Waals surface area contributed by atoms with Crippen molar-refractivity contribution < 1.29 is 9.90 Å². The molecule has 0 bridgehead atoms. The van der Waals surface area contributed by atoms with E-state index in [4.69, 9.17) is 4.98 Å². The first-order valence-corrected chi connectivity index (χ1v) is 11.3. The molecule has 0 aliphatic rings. The molecular weight excluding hydrogens is 410 g/mol. The molecule has 0 aliphatic heterocycles. The van der Waals surface area contributed by atoms with Crippen LogP contribution in [0.1, 0.15) is 52.3 Å². The SMILES string of the molecule is Cc1cc(C)c(C(=O)N(Cc2nc3ccccc3n2-c2ccc(C)c(O)c2)C(C)C)c(C)c1. The molecule has 1 N–H and O–H groups in total. The van der Waals surface area contributed by atoms with Crippen LogP contribution in [-0.4, -0.2) is 31.5 Å². The third-order valence-corrected chi connectivity index (χ3v) is 6.17. The maximum absolute atomic E-state index is 13.8. The van der Waals surface area contributed by atoms with Crippen molar-refractivity contribution in [2.45, 2.75) is 54.1 Å². The number of aromatic nitrogens is 2. The first kappa shape index (κ1) is 22.6. The highest BCUT2D eigenvalue weighted by Gasteiger charge is 2.25. The second-order valence-electron chi connectivity index (χ2n) is 9.12. The van der Waals surface area contributed by atoms with E-state index in [1.165, 1.54) is 0 Å². The number of rotatable bonds is 5. The number of fused-ring (bicyclic) bond motifs is 1. The van der Waals surface area contributed by atoms with Gasteiger partial charge in [-0.15, -0.1) is 0 Å². The monoisotopic (exact) mass is 441 g/mol. The zero-order valence-electron chi connectivity index (χ0n) is 20.2. The normalized spacial score (nSPS) is 11.4. The Morgan fingerprint density at radius 3 is 2.27 bits per heavy atom. The van der Waals surface area contributed by atoms with Crippen LogP contribution in [-0.2, 0) is 6.54 Å². The number of amides is 1. The summed E-state index contributed by atoms with van der Waals surface area (Å²) in [6.45, 7) is 12.3. The number of phenols is 1. The second-order valence-corrected chi connectivity index (χ2v) is 9.12. The van der Waals surface area contributed by atoms with E-state index in [2.05, 4.69) is 12.1 Å².